The van der Waals surface area contributed by atoms with Crippen molar-refractivity contribution < 1.29 is 57.9 Å². The predicted molar refractivity (Wildman–Crippen MR) is 130 cm³/mol. The number of carboxylic acid groups (broad SMARTS) is 2. The Kier molecular flexibility index (Phi) is 10.8. The van der Waals surface area contributed by atoms with Crippen molar-refractivity contribution >= 4 is 35.8 Å². The van der Waals surface area contributed by atoms with Crippen LogP contribution in [-0.4, -0.2) is 84.4 Å². The van der Waals surface area contributed by atoms with Crippen LogP contribution in [0.4, 0.5) is 0 Å². The van der Waals surface area contributed by atoms with Crippen molar-refractivity contribution in [3.63, 3.8) is 0 Å². The topological polar surface area (TPSA) is 211 Å². The van der Waals surface area contributed by atoms with Gasteiger partial charge in [-0.1, -0.05) is 0 Å². The molecule has 0 amide bonds. The molecule has 39 heavy (non-hydrogen) atoms. The third kappa shape index (κ3) is 7.69. The number of hydrogen-bond donors (Lipinski definition) is 4. The van der Waals surface area contributed by atoms with E-state index in [9.17, 15) is 39.0 Å². The number of carbonyl (C=O) groups is 6. The first-order valence-corrected chi connectivity index (χ1v) is 11.7. The van der Waals surface area contributed by atoms with Crippen molar-refractivity contribution in [1.29, 1.82) is 0 Å². The number of H-pyrrole nitrogens is 2. The molecule has 0 bridgehead atoms. The lowest BCUT2D eigenvalue weighted by Gasteiger charge is -2.09. The summed E-state index contributed by atoms with van der Waals surface area (Å²) >= 11 is 0. The fourth-order valence-electron chi connectivity index (χ4n) is 4.19. The normalized spacial score (nSPS) is 10.6. The van der Waals surface area contributed by atoms with E-state index in [0.717, 1.165) is 14.2 Å². The molecule has 0 unspecified atom stereocenters. The van der Waals surface area contributed by atoms with Crippen molar-refractivity contribution in [2.24, 2.45) is 0 Å². The summed E-state index contributed by atoms with van der Waals surface area (Å²) < 4.78 is 18.8. The summed E-state index contributed by atoms with van der Waals surface area (Å²) in [4.78, 5) is 77.5. The zero-order valence-corrected chi connectivity index (χ0v) is 21.9. The monoisotopic (exact) mass is 550 g/mol. The lowest BCUT2D eigenvalue weighted by molar-refractivity contribution is -0.141. The van der Waals surface area contributed by atoms with Gasteiger partial charge < -0.3 is 39.1 Å². The largest absolute Gasteiger partial charge is 0.477 e. The van der Waals surface area contributed by atoms with Crippen molar-refractivity contribution in [3.8, 4) is 0 Å². The molecular formula is C25H30N2O12. The molecule has 0 aromatic carbocycles. The van der Waals surface area contributed by atoms with Crippen molar-refractivity contribution in [2.45, 2.75) is 44.9 Å². The van der Waals surface area contributed by atoms with Gasteiger partial charge in [0.15, 0.2) is 0 Å². The van der Waals surface area contributed by atoms with Gasteiger partial charge in [-0.05, 0) is 35.1 Å². The fraction of sp³-hybridized carbons (Fsp3) is 0.440. The van der Waals surface area contributed by atoms with E-state index in [2.05, 4.69) is 19.4 Å². The lowest BCUT2D eigenvalue weighted by atomic mass is 9.96. The Morgan fingerprint density at radius 1 is 0.564 bits per heavy atom. The molecule has 0 aliphatic rings. The first-order valence-electron chi connectivity index (χ1n) is 11.7. The van der Waals surface area contributed by atoms with E-state index in [1.807, 2.05) is 0 Å². The molecule has 0 aliphatic heterocycles. The maximum absolute atomic E-state index is 12.2. The van der Waals surface area contributed by atoms with Crippen LogP contribution in [0.5, 0.6) is 0 Å². The van der Waals surface area contributed by atoms with Crippen LogP contribution in [-0.2, 0) is 70.2 Å². The SMILES string of the molecule is COC(=O)CCc1c(Cc2[nH]c(C(=O)O)c(CCC(=O)OC)c2CC(=O)OC)[nH]c(C(=O)O)c1CC(=O)OC. The number of nitrogens with one attached hydrogen (secondary N) is 2. The summed E-state index contributed by atoms with van der Waals surface area (Å²) in [5.41, 5.74) is 0.795. The molecule has 2 aromatic rings. The number of aromatic carboxylic acids is 2. The first-order chi connectivity index (χ1) is 18.5. The number of aromatic amines is 2. The second kappa shape index (κ2) is 13.8. The molecule has 0 atom stereocenters. The van der Waals surface area contributed by atoms with Gasteiger partial charge in [0.05, 0.1) is 41.3 Å². The number of esters is 4. The summed E-state index contributed by atoms with van der Waals surface area (Å²) in [5, 5.41) is 19.6. The van der Waals surface area contributed by atoms with Crippen LogP contribution >= 0.6 is 0 Å². The van der Waals surface area contributed by atoms with Gasteiger partial charge in [0.2, 0.25) is 0 Å². The van der Waals surface area contributed by atoms with Gasteiger partial charge >= 0.3 is 35.8 Å². The first kappa shape index (κ1) is 30.6. The summed E-state index contributed by atoms with van der Waals surface area (Å²) in [5.74, 6) is -5.28. The number of carboxylic acids is 2. The number of ether oxygens (including phenoxy) is 4. The molecule has 2 heterocycles. The van der Waals surface area contributed by atoms with E-state index in [4.69, 9.17) is 9.47 Å². The molecule has 2 aromatic heterocycles. The quantitative estimate of drug-likeness (QED) is 0.191. The minimum Gasteiger partial charge on any atom is -0.477 e. The Morgan fingerprint density at radius 3 is 1.38 bits per heavy atom. The minimum absolute atomic E-state index is 0.00779. The van der Waals surface area contributed by atoms with Gasteiger partial charge in [0, 0.05) is 30.7 Å². The van der Waals surface area contributed by atoms with Crippen molar-refractivity contribution in [1.82, 2.24) is 9.97 Å². The molecule has 0 spiro atoms. The number of aromatic nitrogens is 2. The average molecular weight is 551 g/mol. The third-order valence-corrected chi connectivity index (χ3v) is 6.10. The highest BCUT2D eigenvalue weighted by Crippen LogP contribution is 2.29. The molecule has 0 aliphatic carbocycles. The number of methoxy groups -OCH3 is 4. The van der Waals surface area contributed by atoms with E-state index < -0.39 is 42.2 Å². The van der Waals surface area contributed by atoms with Gasteiger partial charge in [-0.3, -0.25) is 19.2 Å². The molecule has 0 radical (unpaired) electrons. The summed E-state index contributed by atoms with van der Waals surface area (Å²) in [7, 11) is 4.69. The van der Waals surface area contributed by atoms with E-state index >= 15 is 0 Å². The van der Waals surface area contributed by atoms with Gasteiger partial charge in [0.1, 0.15) is 11.4 Å². The van der Waals surface area contributed by atoms with Crippen molar-refractivity contribution in [3.05, 3.63) is 45.0 Å². The van der Waals surface area contributed by atoms with Crippen molar-refractivity contribution in [2.75, 3.05) is 28.4 Å². The summed E-state index contributed by atoms with van der Waals surface area (Å²) in [6.07, 6.45) is -1.26. The number of carbonyl (C=O) groups excluding carboxylic acids is 4. The van der Waals surface area contributed by atoms with E-state index in [0.29, 0.717) is 5.56 Å². The van der Waals surface area contributed by atoms with E-state index in [-0.39, 0.29) is 78.0 Å². The van der Waals surface area contributed by atoms with E-state index in [1.54, 1.807) is 0 Å². The number of rotatable bonds is 14. The standard InChI is InChI=1S/C25H30N2O12/c1-36-18(28)7-5-12-15(10-21(31)39-4)23(25(34)35)26-16(12)11-17-14(9-20(30)38-3)13(6-8-19(29)37-2)22(27-17)24(32)33/h26-27H,5-11H2,1-4H3,(H,32,33)(H,34,35). The van der Waals surface area contributed by atoms with Gasteiger partial charge in [-0.2, -0.15) is 0 Å². The molecule has 14 nitrogen and oxygen atoms in total. The highest BCUT2D eigenvalue weighted by atomic mass is 16.5. The Morgan fingerprint density at radius 2 is 0.949 bits per heavy atom. The Balaban J connectivity index is 2.71. The Bertz CT molecular complexity index is 1270. The highest BCUT2D eigenvalue weighted by molar-refractivity contribution is 5.91. The zero-order chi connectivity index (χ0) is 29.3. The van der Waals surface area contributed by atoms with Crippen LogP contribution in [0.3, 0.4) is 0 Å². The second-order valence-electron chi connectivity index (χ2n) is 8.32. The van der Waals surface area contributed by atoms with Crippen LogP contribution in [0.2, 0.25) is 0 Å². The molecule has 212 valence electrons. The number of hydrogen-bond acceptors (Lipinski definition) is 10. The van der Waals surface area contributed by atoms with Gasteiger partial charge in [-0.25, -0.2) is 9.59 Å². The van der Waals surface area contributed by atoms with Crippen LogP contribution in [0, 0.1) is 0 Å². The smallest absolute Gasteiger partial charge is 0.352 e. The van der Waals surface area contributed by atoms with Crippen LogP contribution in [0.15, 0.2) is 0 Å². The molecule has 2 rings (SSSR count). The summed E-state index contributed by atoms with van der Waals surface area (Å²) in [6.45, 7) is 0. The van der Waals surface area contributed by atoms with E-state index in [1.165, 1.54) is 14.2 Å². The van der Waals surface area contributed by atoms with Crippen LogP contribution < -0.4 is 0 Å². The third-order valence-electron chi connectivity index (χ3n) is 6.10. The average Bonchev–Trinajstić information content (AvgIpc) is 3.43. The molecule has 0 saturated carbocycles. The molecule has 0 fully saturated rings. The maximum Gasteiger partial charge on any atom is 0.352 e. The Hall–Kier alpha value is -4.62. The second-order valence-corrected chi connectivity index (χ2v) is 8.32. The van der Waals surface area contributed by atoms with Crippen LogP contribution in [0.1, 0.15) is 67.5 Å². The van der Waals surface area contributed by atoms with Gasteiger partial charge in [0.25, 0.3) is 0 Å². The lowest BCUT2D eigenvalue weighted by Crippen LogP contribution is -2.12. The summed E-state index contributed by atoms with van der Waals surface area (Å²) in [6, 6.07) is 0. The highest BCUT2D eigenvalue weighted by Gasteiger charge is 2.28. The molecular weight excluding hydrogens is 520 g/mol. The maximum atomic E-state index is 12.2. The Labute approximate surface area is 222 Å². The predicted octanol–water partition coefficient (Wildman–Crippen LogP) is 0.972. The van der Waals surface area contributed by atoms with Gasteiger partial charge in [-0.15, -0.1) is 0 Å². The fourth-order valence-corrected chi connectivity index (χ4v) is 4.19. The molecule has 4 N–H and O–H groups in total. The zero-order valence-electron chi connectivity index (χ0n) is 21.9. The minimum atomic E-state index is -1.37. The molecule has 14 heteroatoms. The molecule has 0 saturated heterocycles. The van der Waals surface area contributed by atoms with Crippen LogP contribution in [0.25, 0.3) is 0 Å².